The molecule has 2 rings (SSSR count). The van der Waals surface area contributed by atoms with Crippen LogP contribution in [-0.2, 0) is 4.79 Å². The lowest BCUT2D eigenvalue weighted by Crippen LogP contribution is -2.22. The van der Waals surface area contributed by atoms with E-state index in [0.717, 1.165) is 12.8 Å². The van der Waals surface area contributed by atoms with Crippen molar-refractivity contribution in [2.75, 3.05) is 0 Å². The third kappa shape index (κ3) is 2.35. The zero-order valence-corrected chi connectivity index (χ0v) is 8.91. The van der Waals surface area contributed by atoms with Crippen molar-refractivity contribution in [3.8, 4) is 0 Å². The Bertz CT molecular complexity index is 408. The maximum absolute atomic E-state index is 12.7. The van der Waals surface area contributed by atoms with Crippen LogP contribution in [0.15, 0.2) is 24.3 Å². The topological polar surface area (TPSA) is 34.1 Å². The minimum atomic E-state index is -0.351. The predicted molar refractivity (Wildman–Crippen MR) is 57.7 cm³/mol. The molecule has 3 heteroatoms. The van der Waals surface area contributed by atoms with Crippen molar-refractivity contribution in [2.45, 2.75) is 25.7 Å². The molecule has 0 bridgehead atoms. The van der Waals surface area contributed by atoms with E-state index in [1.807, 2.05) is 0 Å². The molecule has 0 saturated heterocycles. The largest absolute Gasteiger partial charge is 0.300 e. The fourth-order valence-electron chi connectivity index (χ4n) is 2.10. The van der Waals surface area contributed by atoms with Crippen molar-refractivity contribution in [3.05, 3.63) is 35.6 Å². The van der Waals surface area contributed by atoms with E-state index in [2.05, 4.69) is 0 Å². The van der Waals surface area contributed by atoms with Crippen LogP contribution in [0.25, 0.3) is 0 Å². The van der Waals surface area contributed by atoms with E-state index in [4.69, 9.17) is 0 Å². The summed E-state index contributed by atoms with van der Waals surface area (Å²) in [7, 11) is 0. The molecule has 0 N–H and O–H groups in total. The highest BCUT2D eigenvalue weighted by Crippen LogP contribution is 2.24. The Balaban J connectivity index is 2.12. The van der Waals surface area contributed by atoms with Crippen LogP contribution in [0.2, 0.25) is 0 Å². The van der Waals surface area contributed by atoms with Gasteiger partial charge in [0.1, 0.15) is 11.6 Å². The molecule has 1 fully saturated rings. The summed E-state index contributed by atoms with van der Waals surface area (Å²) >= 11 is 0. The van der Waals surface area contributed by atoms with E-state index >= 15 is 0 Å². The first kappa shape index (κ1) is 11.0. The monoisotopic (exact) mass is 220 g/mol. The van der Waals surface area contributed by atoms with Crippen LogP contribution >= 0.6 is 0 Å². The lowest BCUT2D eigenvalue weighted by molar-refractivity contribution is -0.121. The molecule has 1 atom stereocenters. The molecule has 1 unspecified atom stereocenters. The van der Waals surface area contributed by atoms with Crippen LogP contribution in [0.1, 0.15) is 36.0 Å². The second kappa shape index (κ2) is 4.56. The van der Waals surface area contributed by atoms with E-state index in [1.165, 1.54) is 24.3 Å². The minimum Gasteiger partial charge on any atom is -0.300 e. The van der Waals surface area contributed by atoms with Crippen molar-refractivity contribution in [3.63, 3.8) is 0 Å². The molecule has 0 amide bonds. The normalized spacial score (nSPS) is 20.8. The highest BCUT2D eigenvalue weighted by molar-refractivity contribution is 6.00. The Morgan fingerprint density at radius 2 is 1.94 bits per heavy atom. The van der Waals surface area contributed by atoms with Crippen molar-refractivity contribution in [1.29, 1.82) is 0 Å². The lowest BCUT2D eigenvalue weighted by atomic mass is 9.83. The molecule has 0 aromatic heterocycles. The predicted octanol–water partition coefficient (Wildman–Crippen LogP) is 2.77. The summed E-state index contributed by atoms with van der Waals surface area (Å²) in [5.74, 6) is -0.428. The number of Topliss-reactive ketones (excluding diaryl/α,β-unsaturated/α-hetero) is 2. The van der Waals surface area contributed by atoms with Gasteiger partial charge in [-0.25, -0.2) is 4.39 Å². The number of halogens is 1. The molecule has 1 aromatic rings. The molecule has 0 radical (unpaired) electrons. The SMILES string of the molecule is O=C1CCCC(C(=O)c2ccc(F)cc2)C1. The molecular formula is C13H13FO2. The fraction of sp³-hybridized carbons (Fsp3) is 0.385. The lowest BCUT2D eigenvalue weighted by Gasteiger charge is -2.19. The number of carbonyl (C=O) groups excluding carboxylic acids is 2. The van der Waals surface area contributed by atoms with Gasteiger partial charge in [0.15, 0.2) is 5.78 Å². The van der Waals surface area contributed by atoms with Crippen LogP contribution < -0.4 is 0 Å². The molecule has 0 spiro atoms. The summed E-state index contributed by atoms with van der Waals surface area (Å²) < 4.78 is 12.7. The van der Waals surface area contributed by atoms with Gasteiger partial charge >= 0.3 is 0 Å². The Kier molecular flexibility index (Phi) is 3.13. The second-order valence-electron chi connectivity index (χ2n) is 4.20. The third-order valence-electron chi connectivity index (χ3n) is 2.98. The summed E-state index contributed by atoms with van der Waals surface area (Å²) in [5, 5.41) is 0. The Labute approximate surface area is 93.5 Å². The van der Waals surface area contributed by atoms with Crippen molar-refractivity contribution in [1.82, 2.24) is 0 Å². The van der Waals surface area contributed by atoms with Gasteiger partial charge in [-0.2, -0.15) is 0 Å². The van der Waals surface area contributed by atoms with Gasteiger partial charge in [-0.15, -0.1) is 0 Å². The number of rotatable bonds is 2. The number of hydrogen-bond acceptors (Lipinski definition) is 2. The standard InChI is InChI=1S/C13H13FO2/c14-11-6-4-9(5-7-11)13(16)10-2-1-3-12(15)8-10/h4-7,10H,1-3,8H2. The molecule has 1 aliphatic rings. The average molecular weight is 220 g/mol. The highest BCUT2D eigenvalue weighted by Gasteiger charge is 2.26. The summed E-state index contributed by atoms with van der Waals surface area (Å²) in [4.78, 5) is 23.2. The Morgan fingerprint density at radius 3 is 2.56 bits per heavy atom. The first-order valence-corrected chi connectivity index (χ1v) is 5.48. The second-order valence-corrected chi connectivity index (χ2v) is 4.20. The Morgan fingerprint density at radius 1 is 1.25 bits per heavy atom. The quantitative estimate of drug-likeness (QED) is 0.718. The van der Waals surface area contributed by atoms with Crippen LogP contribution in [0.4, 0.5) is 4.39 Å². The van der Waals surface area contributed by atoms with Gasteiger partial charge in [-0.05, 0) is 37.1 Å². The smallest absolute Gasteiger partial charge is 0.166 e. The molecule has 0 heterocycles. The first-order valence-electron chi connectivity index (χ1n) is 5.48. The molecule has 1 aliphatic carbocycles. The average Bonchev–Trinajstić information content (AvgIpc) is 2.29. The molecule has 1 aromatic carbocycles. The molecule has 16 heavy (non-hydrogen) atoms. The highest BCUT2D eigenvalue weighted by atomic mass is 19.1. The van der Waals surface area contributed by atoms with Gasteiger partial charge < -0.3 is 0 Å². The van der Waals surface area contributed by atoms with Crippen LogP contribution in [0, 0.1) is 11.7 Å². The third-order valence-corrected chi connectivity index (χ3v) is 2.98. The van der Waals surface area contributed by atoms with Crippen molar-refractivity contribution < 1.29 is 14.0 Å². The van der Waals surface area contributed by atoms with Gasteiger partial charge in [0.25, 0.3) is 0 Å². The van der Waals surface area contributed by atoms with Crippen molar-refractivity contribution in [2.24, 2.45) is 5.92 Å². The fourth-order valence-corrected chi connectivity index (χ4v) is 2.10. The number of carbonyl (C=O) groups is 2. The van der Waals surface area contributed by atoms with Gasteiger partial charge in [-0.1, -0.05) is 0 Å². The van der Waals surface area contributed by atoms with Gasteiger partial charge in [0, 0.05) is 24.3 Å². The van der Waals surface area contributed by atoms with E-state index in [-0.39, 0.29) is 23.3 Å². The summed E-state index contributed by atoms with van der Waals surface area (Å²) in [6, 6.07) is 5.52. The minimum absolute atomic E-state index is 0.0342. The summed E-state index contributed by atoms with van der Waals surface area (Å²) in [5.41, 5.74) is 0.501. The van der Waals surface area contributed by atoms with E-state index < -0.39 is 0 Å². The number of ketones is 2. The van der Waals surface area contributed by atoms with Gasteiger partial charge in [0.2, 0.25) is 0 Å². The van der Waals surface area contributed by atoms with Crippen LogP contribution in [0.3, 0.4) is 0 Å². The molecule has 1 saturated carbocycles. The number of hydrogen-bond donors (Lipinski definition) is 0. The van der Waals surface area contributed by atoms with E-state index in [0.29, 0.717) is 18.4 Å². The molecule has 84 valence electrons. The molecule has 0 aliphatic heterocycles. The molecule has 2 nitrogen and oxygen atoms in total. The van der Waals surface area contributed by atoms with Crippen molar-refractivity contribution >= 4 is 11.6 Å². The summed E-state index contributed by atoms with van der Waals surface area (Å²) in [6.45, 7) is 0. The number of benzene rings is 1. The Hall–Kier alpha value is -1.51. The zero-order valence-electron chi connectivity index (χ0n) is 8.91. The van der Waals surface area contributed by atoms with E-state index in [1.54, 1.807) is 0 Å². The first-order chi connectivity index (χ1) is 7.66. The van der Waals surface area contributed by atoms with Crippen LogP contribution in [-0.4, -0.2) is 11.6 Å². The van der Waals surface area contributed by atoms with Crippen LogP contribution in [0.5, 0.6) is 0 Å². The summed E-state index contributed by atoms with van der Waals surface area (Å²) in [6.07, 6.45) is 2.49. The van der Waals surface area contributed by atoms with Gasteiger partial charge in [0.05, 0.1) is 0 Å². The van der Waals surface area contributed by atoms with E-state index in [9.17, 15) is 14.0 Å². The molecular weight excluding hydrogens is 207 g/mol. The maximum Gasteiger partial charge on any atom is 0.166 e. The zero-order chi connectivity index (χ0) is 11.5. The van der Waals surface area contributed by atoms with Gasteiger partial charge in [-0.3, -0.25) is 9.59 Å². The maximum atomic E-state index is 12.7.